The van der Waals surface area contributed by atoms with Gasteiger partial charge in [0.15, 0.2) is 5.65 Å². The van der Waals surface area contributed by atoms with E-state index < -0.39 is 0 Å². The van der Waals surface area contributed by atoms with Gasteiger partial charge in [-0.2, -0.15) is 21.0 Å². The molecule has 0 radical (unpaired) electrons. The molecule has 4 heterocycles. The molecule has 174 valence electrons. The van der Waals surface area contributed by atoms with Crippen molar-refractivity contribution in [1.29, 1.82) is 0 Å². The summed E-state index contributed by atoms with van der Waals surface area (Å²) in [7, 11) is 0. The first-order chi connectivity index (χ1) is 16.6. The number of fused-ring (bicyclic) bond motifs is 1. The van der Waals surface area contributed by atoms with Gasteiger partial charge < -0.3 is 10.2 Å². The van der Waals surface area contributed by atoms with E-state index in [9.17, 15) is 4.79 Å². The number of carbonyl (C=O) groups is 1. The lowest BCUT2D eigenvalue weighted by atomic mass is 9.96. The summed E-state index contributed by atoms with van der Waals surface area (Å²) in [5.41, 5.74) is 3.48. The van der Waals surface area contributed by atoms with Crippen LogP contribution in [0.25, 0.3) is 23.0 Å². The molecule has 0 aliphatic carbocycles. The second-order valence-electron chi connectivity index (χ2n) is 8.27. The molecule has 0 saturated carbocycles. The molecule has 0 atom stereocenters. The van der Waals surface area contributed by atoms with Gasteiger partial charge in [0.2, 0.25) is 5.91 Å². The lowest BCUT2D eigenvalue weighted by Gasteiger charge is -2.31. The number of likely N-dealkylation sites (tertiary alicyclic amines) is 1. The average Bonchev–Trinajstić information content (AvgIpc) is 3.52. The number of anilines is 1. The smallest absolute Gasteiger partial charge is 0.246 e. The maximum absolute atomic E-state index is 12.5. The molecule has 1 aliphatic heterocycles. The molecule has 1 fully saturated rings. The van der Waals surface area contributed by atoms with Crippen LogP contribution in [0.15, 0.2) is 63.9 Å². The molecule has 1 aliphatic rings. The van der Waals surface area contributed by atoms with Crippen molar-refractivity contribution in [1.82, 2.24) is 19.5 Å². The molecule has 9 heteroatoms. The molecule has 5 rings (SSSR count). The summed E-state index contributed by atoms with van der Waals surface area (Å²) in [6.07, 6.45) is 7.23. The molecule has 4 aromatic rings. The van der Waals surface area contributed by atoms with Crippen LogP contribution in [-0.4, -0.2) is 45.0 Å². The van der Waals surface area contributed by atoms with E-state index in [1.807, 2.05) is 58.1 Å². The van der Waals surface area contributed by atoms with Crippen LogP contribution in [0.2, 0.25) is 5.02 Å². The van der Waals surface area contributed by atoms with Crippen molar-refractivity contribution in [3.8, 4) is 11.3 Å². The summed E-state index contributed by atoms with van der Waals surface area (Å²) in [6.45, 7) is 2.33. The molecule has 0 unspecified atom stereocenters. The maximum Gasteiger partial charge on any atom is 0.246 e. The fraction of sp³-hybridized carbons (Fsp3) is 0.240. The number of nitrogens with one attached hydrogen (secondary N) is 1. The van der Waals surface area contributed by atoms with Crippen LogP contribution in [0.4, 0.5) is 5.82 Å². The maximum atomic E-state index is 12.5. The molecule has 1 aromatic carbocycles. The predicted octanol–water partition coefficient (Wildman–Crippen LogP) is 6.24. The molecule has 34 heavy (non-hydrogen) atoms. The first-order valence-corrected chi connectivity index (χ1v) is 13.2. The second-order valence-corrected chi connectivity index (χ2v) is 10.3. The van der Waals surface area contributed by atoms with Crippen LogP contribution >= 0.6 is 38.9 Å². The number of halogens is 2. The first kappa shape index (κ1) is 23.1. The highest BCUT2D eigenvalue weighted by Gasteiger charge is 2.22. The summed E-state index contributed by atoms with van der Waals surface area (Å²) in [4.78, 5) is 19.2. The zero-order valence-corrected chi connectivity index (χ0v) is 21.5. The van der Waals surface area contributed by atoms with Gasteiger partial charge in [0.25, 0.3) is 0 Å². The third-order valence-corrected chi connectivity index (χ3v) is 7.63. The monoisotopic (exact) mass is 555 g/mol. The quantitative estimate of drug-likeness (QED) is 0.286. The molecule has 0 bridgehead atoms. The summed E-state index contributed by atoms with van der Waals surface area (Å²) in [5, 5.41) is 12.7. The van der Waals surface area contributed by atoms with Gasteiger partial charge in [-0.15, -0.1) is 0 Å². The van der Waals surface area contributed by atoms with Gasteiger partial charge in [0.05, 0.1) is 16.4 Å². The van der Waals surface area contributed by atoms with Gasteiger partial charge in [-0.1, -0.05) is 29.8 Å². The van der Waals surface area contributed by atoms with Crippen molar-refractivity contribution in [2.45, 2.75) is 12.8 Å². The number of rotatable bonds is 6. The summed E-state index contributed by atoms with van der Waals surface area (Å²) in [6, 6.07) is 11.7. The van der Waals surface area contributed by atoms with E-state index in [0.29, 0.717) is 10.9 Å². The Bertz CT molecular complexity index is 1330. The van der Waals surface area contributed by atoms with Gasteiger partial charge in [-0.05, 0) is 69.2 Å². The number of amides is 1. The number of thiophene rings is 1. The number of hydrogen-bond acceptors (Lipinski definition) is 5. The minimum Gasteiger partial charge on any atom is -0.370 e. The molecule has 0 spiro atoms. The van der Waals surface area contributed by atoms with E-state index >= 15 is 0 Å². The van der Waals surface area contributed by atoms with E-state index in [1.165, 1.54) is 0 Å². The predicted molar refractivity (Wildman–Crippen MR) is 142 cm³/mol. The van der Waals surface area contributed by atoms with Crippen LogP contribution in [0.1, 0.15) is 18.4 Å². The van der Waals surface area contributed by atoms with Crippen LogP contribution in [-0.2, 0) is 4.79 Å². The molecular weight excluding hydrogens is 534 g/mol. The Balaban J connectivity index is 1.25. The van der Waals surface area contributed by atoms with Crippen molar-refractivity contribution in [2.24, 2.45) is 5.92 Å². The SMILES string of the molecule is O=C(/C=C/c1ccsc1)N1CCC(CNc2cc(-c3ccccc3Cl)nc3c(Br)cnn23)CC1. The van der Waals surface area contributed by atoms with Crippen LogP contribution in [0.3, 0.4) is 0 Å². The lowest BCUT2D eigenvalue weighted by molar-refractivity contribution is -0.127. The Morgan fingerprint density at radius 2 is 2.09 bits per heavy atom. The van der Waals surface area contributed by atoms with Gasteiger partial charge >= 0.3 is 0 Å². The fourth-order valence-corrected chi connectivity index (χ4v) is 5.33. The van der Waals surface area contributed by atoms with E-state index in [2.05, 4.69) is 26.3 Å². The summed E-state index contributed by atoms with van der Waals surface area (Å²) >= 11 is 11.6. The van der Waals surface area contributed by atoms with Crippen molar-refractivity contribution in [2.75, 3.05) is 25.0 Å². The van der Waals surface area contributed by atoms with E-state index in [4.69, 9.17) is 16.6 Å². The normalized spacial score (nSPS) is 14.8. The average molecular weight is 557 g/mol. The van der Waals surface area contributed by atoms with Crippen LogP contribution in [0.5, 0.6) is 0 Å². The minimum atomic E-state index is 0.0826. The molecule has 1 amide bonds. The Kier molecular flexibility index (Phi) is 6.99. The Morgan fingerprint density at radius 3 is 2.85 bits per heavy atom. The summed E-state index contributed by atoms with van der Waals surface area (Å²) < 4.78 is 2.63. The van der Waals surface area contributed by atoms with E-state index in [-0.39, 0.29) is 5.91 Å². The van der Waals surface area contributed by atoms with E-state index in [0.717, 1.165) is 65.2 Å². The van der Waals surface area contributed by atoms with Gasteiger partial charge in [-0.3, -0.25) is 4.79 Å². The molecule has 3 aromatic heterocycles. The van der Waals surface area contributed by atoms with Crippen molar-refractivity contribution in [3.05, 3.63) is 74.5 Å². The largest absolute Gasteiger partial charge is 0.370 e. The Morgan fingerprint density at radius 1 is 1.26 bits per heavy atom. The van der Waals surface area contributed by atoms with Crippen LogP contribution < -0.4 is 5.32 Å². The second kappa shape index (κ2) is 10.3. The number of piperidine rings is 1. The standard InChI is InChI=1S/C25H23BrClN5OS/c26-20-15-29-32-23(13-22(30-25(20)32)19-3-1-2-4-21(19)27)28-14-17-7-10-31(11-8-17)24(33)6-5-18-9-12-34-16-18/h1-6,9,12-13,15-17,28H,7-8,10-11,14H2/b6-5+. The lowest BCUT2D eigenvalue weighted by Crippen LogP contribution is -2.39. The highest BCUT2D eigenvalue weighted by molar-refractivity contribution is 9.10. The highest BCUT2D eigenvalue weighted by Crippen LogP contribution is 2.30. The number of carbonyl (C=O) groups excluding carboxylic acids is 1. The zero-order chi connectivity index (χ0) is 23.5. The highest BCUT2D eigenvalue weighted by atomic mass is 79.9. The Labute approximate surface area is 215 Å². The third kappa shape index (κ3) is 5.04. The molecule has 1 saturated heterocycles. The summed E-state index contributed by atoms with van der Waals surface area (Å²) in [5.74, 6) is 1.41. The molecule has 6 nitrogen and oxygen atoms in total. The Hall–Kier alpha value is -2.68. The molecular formula is C25H23BrClN5OS. The number of nitrogens with zero attached hydrogens (tertiary/aromatic N) is 4. The number of hydrogen-bond donors (Lipinski definition) is 1. The number of benzene rings is 1. The number of aromatic nitrogens is 3. The fourth-order valence-electron chi connectivity index (χ4n) is 4.12. The van der Waals surface area contributed by atoms with E-state index in [1.54, 1.807) is 28.1 Å². The first-order valence-electron chi connectivity index (χ1n) is 11.1. The van der Waals surface area contributed by atoms with Crippen molar-refractivity contribution >= 4 is 62.3 Å². The molecule has 1 N–H and O–H groups in total. The van der Waals surface area contributed by atoms with Crippen molar-refractivity contribution < 1.29 is 4.79 Å². The minimum absolute atomic E-state index is 0.0826. The van der Waals surface area contributed by atoms with Crippen molar-refractivity contribution in [3.63, 3.8) is 0 Å². The van der Waals surface area contributed by atoms with Gasteiger partial charge in [0, 0.05) is 42.4 Å². The van der Waals surface area contributed by atoms with Gasteiger partial charge in [-0.25, -0.2) is 4.98 Å². The zero-order valence-electron chi connectivity index (χ0n) is 18.3. The van der Waals surface area contributed by atoms with Gasteiger partial charge in [0.1, 0.15) is 5.82 Å². The topological polar surface area (TPSA) is 62.5 Å². The third-order valence-electron chi connectivity index (χ3n) is 6.04. The van der Waals surface area contributed by atoms with Crippen LogP contribution in [0, 0.1) is 5.92 Å².